The molecule has 0 aromatic heterocycles. The van der Waals surface area contributed by atoms with E-state index in [1.165, 1.54) is 30.3 Å². The van der Waals surface area contributed by atoms with Crippen LogP contribution >= 0.6 is 0 Å². The topological polar surface area (TPSA) is 64.9 Å². The number of hydrogen-bond donors (Lipinski definition) is 2. The Labute approximate surface area is 120 Å². The molecule has 0 aliphatic rings. The second kappa shape index (κ2) is 6.48. The van der Waals surface area contributed by atoms with Gasteiger partial charge in [-0.15, -0.1) is 0 Å². The number of benzene rings is 2. The van der Waals surface area contributed by atoms with Gasteiger partial charge in [-0.05, 0) is 30.3 Å². The molecular formula is C15H11F2N3O. The largest absolute Gasteiger partial charge is 0.375 e. The summed E-state index contributed by atoms with van der Waals surface area (Å²) in [6.07, 6.45) is 0. The Morgan fingerprint density at radius 2 is 1.90 bits per heavy atom. The highest BCUT2D eigenvalue weighted by molar-refractivity contribution is 5.94. The smallest absolute Gasteiger partial charge is 0.243 e. The third-order valence-corrected chi connectivity index (χ3v) is 2.69. The van der Waals surface area contributed by atoms with Crippen molar-refractivity contribution in [3.8, 4) is 6.07 Å². The van der Waals surface area contributed by atoms with E-state index in [0.717, 1.165) is 6.07 Å². The summed E-state index contributed by atoms with van der Waals surface area (Å²) in [5.41, 5.74) is 0.500. The number of amides is 1. The first kappa shape index (κ1) is 14.5. The molecule has 2 aromatic rings. The van der Waals surface area contributed by atoms with Crippen molar-refractivity contribution in [3.63, 3.8) is 0 Å². The molecule has 21 heavy (non-hydrogen) atoms. The molecule has 0 radical (unpaired) electrons. The minimum atomic E-state index is -0.537. The SMILES string of the molecule is N#Cc1cc(F)ccc1NCC(=O)Nc1ccccc1F. The highest BCUT2D eigenvalue weighted by Crippen LogP contribution is 2.16. The van der Waals surface area contributed by atoms with Gasteiger partial charge in [0.1, 0.15) is 17.7 Å². The van der Waals surface area contributed by atoms with Crippen LogP contribution in [-0.4, -0.2) is 12.5 Å². The number of nitriles is 1. The fourth-order valence-corrected chi connectivity index (χ4v) is 1.70. The maximum atomic E-state index is 13.4. The number of anilines is 2. The van der Waals surface area contributed by atoms with Gasteiger partial charge in [0.25, 0.3) is 0 Å². The van der Waals surface area contributed by atoms with Gasteiger partial charge in [0.05, 0.1) is 23.5 Å². The first-order valence-corrected chi connectivity index (χ1v) is 6.08. The van der Waals surface area contributed by atoms with Gasteiger partial charge in [0.15, 0.2) is 0 Å². The van der Waals surface area contributed by atoms with Crippen LogP contribution in [0.3, 0.4) is 0 Å². The van der Waals surface area contributed by atoms with E-state index in [0.29, 0.717) is 5.69 Å². The fraction of sp³-hybridized carbons (Fsp3) is 0.0667. The van der Waals surface area contributed by atoms with E-state index >= 15 is 0 Å². The number of carbonyl (C=O) groups excluding carboxylic acids is 1. The van der Waals surface area contributed by atoms with E-state index in [9.17, 15) is 13.6 Å². The summed E-state index contributed by atoms with van der Waals surface area (Å²) in [6.45, 7) is -0.172. The predicted molar refractivity (Wildman–Crippen MR) is 74.6 cm³/mol. The molecule has 0 saturated carbocycles. The van der Waals surface area contributed by atoms with Gasteiger partial charge in [-0.1, -0.05) is 12.1 Å². The van der Waals surface area contributed by atoms with Crippen molar-refractivity contribution in [2.24, 2.45) is 0 Å². The molecule has 6 heteroatoms. The van der Waals surface area contributed by atoms with Gasteiger partial charge in [0.2, 0.25) is 5.91 Å². The van der Waals surface area contributed by atoms with Gasteiger partial charge in [-0.25, -0.2) is 8.78 Å². The number of rotatable bonds is 4. The van der Waals surface area contributed by atoms with Crippen LogP contribution in [0.4, 0.5) is 20.2 Å². The third kappa shape index (κ3) is 3.76. The molecule has 0 aliphatic heterocycles. The lowest BCUT2D eigenvalue weighted by molar-refractivity contribution is -0.114. The molecule has 0 bridgehead atoms. The molecule has 106 valence electrons. The first-order valence-electron chi connectivity index (χ1n) is 6.08. The average Bonchev–Trinajstić information content (AvgIpc) is 2.48. The maximum Gasteiger partial charge on any atom is 0.243 e. The molecule has 4 nitrogen and oxygen atoms in total. The zero-order valence-corrected chi connectivity index (χ0v) is 10.9. The minimum Gasteiger partial charge on any atom is -0.375 e. The van der Waals surface area contributed by atoms with Gasteiger partial charge in [0, 0.05) is 0 Å². The van der Waals surface area contributed by atoms with E-state index in [2.05, 4.69) is 10.6 Å². The fourth-order valence-electron chi connectivity index (χ4n) is 1.70. The Kier molecular flexibility index (Phi) is 4.46. The van der Waals surface area contributed by atoms with Crippen LogP contribution in [-0.2, 0) is 4.79 Å². The lowest BCUT2D eigenvalue weighted by Gasteiger charge is -2.09. The molecule has 0 spiro atoms. The normalized spacial score (nSPS) is 9.76. The lowest BCUT2D eigenvalue weighted by Crippen LogP contribution is -2.22. The summed E-state index contributed by atoms with van der Waals surface area (Å²) < 4.78 is 26.3. The van der Waals surface area contributed by atoms with Gasteiger partial charge in [-0.2, -0.15) is 5.26 Å². The van der Waals surface area contributed by atoms with Crippen molar-refractivity contribution in [3.05, 3.63) is 59.7 Å². The summed E-state index contributed by atoms with van der Waals surface area (Å²) in [6, 6.07) is 11.2. The third-order valence-electron chi connectivity index (χ3n) is 2.69. The quantitative estimate of drug-likeness (QED) is 0.908. The van der Waals surface area contributed by atoms with Crippen LogP contribution in [0.5, 0.6) is 0 Å². The van der Waals surface area contributed by atoms with Crippen molar-refractivity contribution in [1.82, 2.24) is 0 Å². The predicted octanol–water partition coefficient (Wildman–Crippen LogP) is 2.89. The van der Waals surface area contributed by atoms with Crippen molar-refractivity contribution in [2.45, 2.75) is 0 Å². The van der Waals surface area contributed by atoms with E-state index < -0.39 is 17.5 Å². The molecule has 2 rings (SSSR count). The van der Waals surface area contributed by atoms with E-state index in [1.54, 1.807) is 6.07 Å². The summed E-state index contributed by atoms with van der Waals surface area (Å²) in [5, 5.41) is 14.0. The Bertz CT molecular complexity index is 710. The van der Waals surface area contributed by atoms with Crippen molar-refractivity contribution in [1.29, 1.82) is 5.26 Å². The van der Waals surface area contributed by atoms with Gasteiger partial charge in [-0.3, -0.25) is 4.79 Å². The average molecular weight is 287 g/mol. The molecule has 0 saturated heterocycles. The van der Waals surface area contributed by atoms with Crippen LogP contribution in [0.1, 0.15) is 5.56 Å². The van der Waals surface area contributed by atoms with Crippen molar-refractivity contribution < 1.29 is 13.6 Å². The van der Waals surface area contributed by atoms with Gasteiger partial charge >= 0.3 is 0 Å². The Hall–Kier alpha value is -2.94. The first-order chi connectivity index (χ1) is 10.1. The number of nitrogens with one attached hydrogen (secondary N) is 2. The minimum absolute atomic E-state index is 0.0731. The monoisotopic (exact) mass is 287 g/mol. The number of halogens is 2. The van der Waals surface area contributed by atoms with E-state index in [-0.39, 0.29) is 17.8 Å². The van der Waals surface area contributed by atoms with E-state index in [4.69, 9.17) is 5.26 Å². The molecule has 0 fully saturated rings. The summed E-state index contributed by atoms with van der Waals surface area (Å²) in [7, 11) is 0. The van der Waals surface area contributed by atoms with Crippen LogP contribution in [0.25, 0.3) is 0 Å². The van der Waals surface area contributed by atoms with Crippen LogP contribution in [0.15, 0.2) is 42.5 Å². The molecule has 0 aliphatic carbocycles. The van der Waals surface area contributed by atoms with Crippen LogP contribution in [0.2, 0.25) is 0 Å². The molecule has 0 atom stereocenters. The second-order valence-electron chi connectivity index (χ2n) is 4.18. The highest BCUT2D eigenvalue weighted by Gasteiger charge is 2.08. The van der Waals surface area contributed by atoms with Crippen LogP contribution in [0, 0.1) is 23.0 Å². The lowest BCUT2D eigenvalue weighted by atomic mass is 10.2. The molecular weight excluding hydrogens is 276 g/mol. The molecule has 0 heterocycles. The Morgan fingerprint density at radius 1 is 1.14 bits per heavy atom. The summed E-state index contributed by atoms with van der Waals surface area (Å²) >= 11 is 0. The molecule has 1 amide bonds. The number of carbonyl (C=O) groups is 1. The Balaban J connectivity index is 1.99. The zero-order valence-electron chi connectivity index (χ0n) is 10.9. The maximum absolute atomic E-state index is 13.4. The highest BCUT2D eigenvalue weighted by atomic mass is 19.1. The summed E-state index contributed by atoms with van der Waals surface area (Å²) in [4.78, 5) is 11.7. The van der Waals surface area contributed by atoms with Crippen molar-refractivity contribution >= 4 is 17.3 Å². The van der Waals surface area contributed by atoms with Gasteiger partial charge < -0.3 is 10.6 Å². The Morgan fingerprint density at radius 3 is 2.62 bits per heavy atom. The molecule has 0 unspecified atom stereocenters. The zero-order chi connectivity index (χ0) is 15.2. The van der Waals surface area contributed by atoms with Crippen molar-refractivity contribution in [2.75, 3.05) is 17.2 Å². The number of nitrogens with zero attached hydrogens (tertiary/aromatic N) is 1. The van der Waals surface area contributed by atoms with E-state index in [1.807, 2.05) is 6.07 Å². The molecule has 2 aromatic carbocycles. The second-order valence-corrected chi connectivity index (χ2v) is 4.18. The number of hydrogen-bond acceptors (Lipinski definition) is 3. The summed E-state index contributed by atoms with van der Waals surface area (Å²) in [5.74, 6) is -1.55. The molecule has 2 N–H and O–H groups in total. The standard InChI is InChI=1S/C15H11F2N3O/c16-11-5-6-13(10(7-11)8-18)19-9-15(21)20-14-4-2-1-3-12(14)17/h1-7,19H,9H2,(H,20,21). The number of para-hydroxylation sites is 1. The van der Waals surface area contributed by atoms with Crippen LogP contribution < -0.4 is 10.6 Å².